The number of aromatic nitrogens is 1. The van der Waals surface area contributed by atoms with Gasteiger partial charge in [-0.1, -0.05) is 0 Å². The molecule has 1 aromatic heterocycles. The lowest BCUT2D eigenvalue weighted by Crippen LogP contribution is -2.30. The summed E-state index contributed by atoms with van der Waals surface area (Å²) >= 11 is 1.39. The first-order chi connectivity index (χ1) is 6.65. The van der Waals surface area contributed by atoms with Gasteiger partial charge in [0.05, 0.1) is 17.5 Å². The van der Waals surface area contributed by atoms with Crippen molar-refractivity contribution in [3.8, 4) is 6.07 Å². The lowest BCUT2D eigenvalue weighted by Gasteiger charge is -2.16. The van der Waals surface area contributed by atoms with E-state index in [4.69, 9.17) is 5.26 Å². The lowest BCUT2D eigenvalue weighted by atomic mass is 10.2. The summed E-state index contributed by atoms with van der Waals surface area (Å²) < 4.78 is 0. The van der Waals surface area contributed by atoms with Crippen LogP contribution in [0.1, 0.15) is 17.4 Å². The molecule has 4 nitrogen and oxygen atoms in total. The maximum atomic E-state index is 11.6. The third-order valence-corrected chi connectivity index (χ3v) is 2.35. The second kappa shape index (κ2) is 4.72. The van der Waals surface area contributed by atoms with Crippen LogP contribution in [0.2, 0.25) is 0 Å². The van der Waals surface area contributed by atoms with Gasteiger partial charge in [-0.15, -0.1) is 11.3 Å². The van der Waals surface area contributed by atoms with Crippen molar-refractivity contribution in [3.05, 3.63) is 16.6 Å². The summed E-state index contributed by atoms with van der Waals surface area (Å²) in [5.74, 6) is -0.282. The van der Waals surface area contributed by atoms with Gasteiger partial charge in [-0.25, -0.2) is 4.98 Å². The van der Waals surface area contributed by atoms with Crippen molar-refractivity contribution in [3.63, 3.8) is 0 Å². The van der Waals surface area contributed by atoms with Crippen LogP contribution in [0, 0.1) is 17.2 Å². The van der Waals surface area contributed by atoms with Crippen molar-refractivity contribution in [1.29, 1.82) is 5.26 Å². The van der Waals surface area contributed by atoms with Gasteiger partial charge in [-0.05, 0) is 6.92 Å². The third-order valence-electron chi connectivity index (χ3n) is 1.77. The first-order valence-corrected chi connectivity index (χ1v) is 5.12. The zero-order chi connectivity index (χ0) is 10.6. The van der Waals surface area contributed by atoms with Gasteiger partial charge in [-0.2, -0.15) is 5.26 Å². The standard InChI is InChI=1S/C9H11N3OS/c1-7(3-10)4-12(2)9(13)8-5-14-6-11-8/h5-7H,4H2,1-2H3. The van der Waals surface area contributed by atoms with Crippen molar-refractivity contribution in [1.82, 2.24) is 9.88 Å². The van der Waals surface area contributed by atoms with Crippen LogP contribution >= 0.6 is 11.3 Å². The van der Waals surface area contributed by atoms with Crippen LogP contribution in [-0.2, 0) is 0 Å². The van der Waals surface area contributed by atoms with E-state index in [2.05, 4.69) is 11.1 Å². The van der Waals surface area contributed by atoms with E-state index in [0.29, 0.717) is 12.2 Å². The summed E-state index contributed by atoms with van der Waals surface area (Å²) in [4.78, 5) is 17.0. The molecule has 0 saturated carbocycles. The molecule has 1 amide bonds. The third kappa shape index (κ3) is 2.54. The molecule has 1 heterocycles. The Morgan fingerprint density at radius 3 is 3.07 bits per heavy atom. The minimum Gasteiger partial charge on any atom is -0.339 e. The highest BCUT2D eigenvalue weighted by Crippen LogP contribution is 2.06. The molecular formula is C9H11N3OS. The summed E-state index contributed by atoms with van der Waals surface area (Å²) in [6, 6.07) is 2.08. The molecule has 0 radical (unpaired) electrons. The van der Waals surface area contributed by atoms with Crippen molar-refractivity contribution < 1.29 is 4.79 Å². The highest BCUT2D eigenvalue weighted by Gasteiger charge is 2.15. The zero-order valence-electron chi connectivity index (χ0n) is 8.10. The van der Waals surface area contributed by atoms with Gasteiger partial charge in [0, 0.05) is 19.0 Å². The average Bonchev–Trinajstić information content (AvgIpc) is 2.69. The van der Waals surface area contributed by atoms with Gasteiger partial charge in [-0.3, -0.25) is 4.79 Å². The quantitative estimate of drug-likeness (QED) is 0.755. The first-order valence-electron chi connectivity index (χ1n) is 4.18. The second-order valence-corrected chi connectivity index (χ2v) is 3.81. The number of nitriles is 1. The van der Waals surface area contributed by atoms with E-state index >= 15 is 0 Å². The van der Waals surface area contributed by atoms with Crippen molar-refractivity contribution in [2.75, 3.05) is 13.6 Å². The number of carbonyl (C=O) groups excluding carboxylic acids is 1. The van der Waals surface area contributed by atoms with Gasteiger partial charge in [0.2, 0.25) is 0 Å². The van der Waals surface area contributed by atoms with Crippen LogP contribution in [-0.4, -0.2) is 29.4 Å². The molecule has 1 aromatic rings. The van der Waals surface area contributed by atoms with Crippen LogP contribution < -0.4 is 0 Å². The topological polar surface area (TPSA) is 57.0 Å². The number of thiazole rings is 1. The van der Waals surface area contributed by atoms with Crippen LogP contribution in [0.25, 0.3) is 0 Å². The minimum absolute atomic E-state index is 0.131. The predicted molar refractivity (Wildman–Crippen MR) is 53.9 cm³/mol. The number of carbonyl (C=O) groups is 1. The van der Waals surface area contributed by atoms with Crippen LogP contribution in [0.5, 0.6) is 0 Å². The van der Waals surface area contributed by atoms with E-state index in [1.165, 1.54) is 16.2 Å². The first kappa shape index (κ1) is 10.7. The molecule has 0 saturated heterocycles. The Morgan fingerprint density at radius 2 is 2.57 bits per heavy atom. The van der Waals surface area contributed by atoms with Crippen molar-refractivity contribution in [2.45, 2.75) is 6.92 Å². The molecule has 74 valence electrons. The Bertz CT molecular complexity index is 341. The molecule has 1 unspecified atom stereocenters. The van der Waals surface area contributed by atoms with E-state index in [0.717, 1.165) is 0 Å². The Hall–Kier alpha value is -1.41. The van der Waals surface area contributed by atoms with Crippen LogP contribution in [0.4, 0.5) is 0 Å². The van der Waals surface area contributed by atoms with Gasteiger partial charge < -0.3 is 4.90 Å². The number of hydrogen-bond acceptors (Lipinski definition) is 4. The van der Waals surface area contributed by atoms with Gasteiger partial charge in [0.25, 0.3) is 5.91 Å². The molecule has 0 spiro atoms. The summed E-state index contributed by atoms with van der Waals surface area (Å²) in [7, 11) is 1.68. The largest absolute Gasteiger partial charge is 0.339 e. The van der Waals surface area contributed by atoms with E-state index in [-0.39, 0.29) is 11.8 Å². The Balaban J connectivity index is 2.59. The van der Waals surface area contributed by atoms with E-state index in [9.17, 15) is 4.79 Å². The van der Waals surface area contributed by atoms with E-state index < -0.39 is 0 Å². The van der Waals surface area contributed by atoms with Gasteiger partial charge >= 0.3 is 0 Å². The fraction of sp³-hybridized carbons (Fsp3) is 0.444. The molecule has 0 fully saturated rings. The molecule has 0 bridgehead atoms. The number of amides is 1. The maximum absolute atomic E-state index is 11.6. The molecule has 0 aliphatic carbocycles. The van der Waals surface area contributed by atoms with E-state index in [1.54, 1.807) is 24.9 Å². The van der Waals surface area contributed by atoms with E-state index in [1.807, 2.05) is 0 Å². The molecule has 0 aliphatic heterocycles. The molecular weight excluding hydrogens is 198 g/mol. The van der Waals surface area contributed by atoms with Crippen LogP contribution in [0.15, 0.2) is 10.9 Å². The highest BCUT2D eigenvalue weighted by atomic mass is 32.1. The highest BCUT2D eigenvalue weighted by molar-refractivity contribution is 7.07. The molecule has 1 atom stereocenters. The van der Waals surface area contributed by atoms with Crippen molar-refractivity contribution in [2.24, 2.45) is 5.92 Å². The minimum atomic E-state index is -0.150. The van der Waals surface area contributed by atoms with Gasteiger partial charge in [0.15, 0.2) is 0 Å². The number of nitrogens with zero attached hydrogens (tertiary/aromatic N) is 3. The zero-order valence-corrected chi connectivity index (χ0v) is 8.91. The lowest BCUT2D eigenvalue weighted by molar-refractivity contribution is 0.0780. The smallest absolute Gasteiger partial charge is 0.273 e. The fourth-order valence-corrected chi connectivity index (χ4v) is 1.57. The molecule has 1 rings (SSSR count). The Kier molecular flexibility index (Phi) is 3.60. The molecule has 0 aliphatic rings. The molecule has 5 heteroatoms. The summed E-state index contributed by atoms with van der Waals surface area (Å²) in [5.41, 5.74) is 2.07. The predicted octanol–water partition coefficient (Wildman–Crippen LogP) is 1.37. The fourth-order valence-electron chi connectivity index (χ4n) is 1.05. The normalized spacial score (nSPS) is 11.8. The monoisotopic (exact) mass is 209 g/mol. The molecule has 14 heavy (non-hydrogen) atoms. The molecule has 0 N–H and O–H groups in total. The SMILES string of the molecule is CC(C#N)CN(C)C(=O)c1cscn1. The summed E-state index contributed by atoms with van der Waals surface area (Å²) in [6.07, 6.45) is 0. The van der Waals surface area contributed by atoms with Crippen molar-refractivity contribution >= 4 is 17.2 Å². The maximum Gasteiger partial charge on any atom is 0.273 e. The van der Waals surface area contributed by atoms with Crippen LogP contribution in [0.3, 0.4) is 0 Å². The summed E-state index contributed by atoms with van der Waals surface area (Å²) in [5, 5.41) is 10.3. The number of hydrogen-bond donors (Lipinski definition) is 0. The van der Waals surface area contributed by atoms with Gasteiger partial charge in [0.1, 0.15) is 5.69 Å². The Morgan fingerprint density at radius 1 is 1.86 bits per heavy atom. The second-order valence-electron chi connectivity index (χ2n) is 3.09. The number of rotatable bonds is 3. The summed E-state index contributed by atoms with van der Waals surface area (Å²) in [6.45, 7) is 2.22. The Labute approximate surface area is 86.8 Å². The average molecular weight is 209 g/mol. The molecule has 0 aromatic carbocycles.